The third-order valence-corrected chi connectivity index (χ3v) is 6.26. The zero-order valence-corrected chi connectivity index (χ0v) is 21.5. The molecule has 1 amide bonds. The number of amides is 1. The average Bonchev–Trinajstić information content (AvgIpc) is 2.97. The highest BCUT2D eigenvalue weighted by molar-refractivity contribution is 5.95. The first-order valence-electron chi connectivity index (χ1n) is 12.4. The summed E-state index contributed by atoms with van der Waals surface area (Å²) in [6.45, 7) is 1.41. The van der Waals surface area contributed by atoms with Crippen LogP contribution in [0.3, 0.4) is 0 Å². The Morgan fingerprint density at radius 3 is 2.21 bits per heavy atom. The Morgan fingerprint density at radius 1 is 0.833 bits per heavy atom. The number of rotatable bonds is 6. The lowest BCUT2D eigenvalue weighted by atomic mass is 10.1. The van der Waals surface area contributed by atoms with Gasteiger partial charge in [0.1, 0.15) is 17.9 Å². The molecule has 1 aliphatic rings. The van der Waals surface area contributed by atoms with E-state index < -0.39 is 18.2 Å². The molecule has 0 saturated carbocycles. The molecule has 0 bridgehead atoms. The lowest BCUT2D eigenvalue weighted by Crippen LogP contribution is -2.49. The monoisotopic (exact) mass is 589 g/mol. The SMILES string of the molecule is O=C(c1cccc(-c2cc(Nc3ccc(OC(F)(F)F)cc3)ncn2)c1)N1CCN(c2ccc(C(F)(F)F)nn2)CC1. The highest BCUT2D eigenvalue weighted by Crippen LogP contribution is 2.29. The first-order chi connectivity index (χ1) is 19.9. The Hall–Kier alpha value is -4.95. The first kappa shape index (κ1) is 28.6. The number of nitrogens with zero attached hydrogens (tertiary/aromatic N) is 6. The van der Waals surface area contributed by atoms with Crippen molar-refractivity contribution in [3.8, 4) is 17.0 Å². The Bertz CT molecular complexity index is 1540. The molecule has 1 N–H and O–H groups in total. The molecule has 218 valence electrons. The molecular weight excluding hydrogens is 568 g/mol. The predicted molar refractivity (Wildman–Crippen MR) is 139 cm³/mol. The van der Waals surface area contributed by atoms with Gasteiger partial charge >= 0.3 is 12.5 Å². The van der Waals surface area contributed by atoms with Crippen LogP contribution >= 0.6 is 0 Å². The fourth-order valence-corrected chi connectivity index (χ4v) is 4.25. The summed E-state index contributed by atoms with van der Waals surface area (Å²) in [7, 11) is 0. The summed E-state index contributed by atoms with van der Waals surface area (Å²) in [6.07, 6.45) is -8.04. The van der Waals surface area contributed by atoms with Gasteiger partial charge in [0.05, 0.1) is 5.69 Å². The maximum absolute atomic E-state index is 13.2. The summed E-state index contributed by atoms with van der Waals surface area (Å²) in [5.41, 5.74) is 0.965. The van der Waals surface area contributed by atoms with Gasteiger partial charge in [0, 0.05) is 49.1 Å². The molecule has 0 atom stereocenters. The van der Waals surface area contributed by atoms with Gasteiger partial charge in [0.25, 0.3) is 5.91 Å². The van der Waals surface area contributed by atoms with Gasteiger partial charge in [-0.15, -0.1) is 23.4 Å². The summed E-state index contributed by atoms with van der Waals surface area (Å²) in [6, 6.07) is 15.8. The summed E-state index contributed by atoms with van der Waals surface area (Å²) < 4.78 is 79.3. The molecule has 3 heterocycles. The minimum atomic E-state index is -4.79. The lowest BCUT2D eigenvalue weighted by Gasteiger charge is -2.35. The van der Waals surface area contributed by atoms with Crippen LogP contribution in [-0.2, 0) is 6.18 Å². The second kappa shape index (κ2) is 11.5. The lowest BCUT2D eigenvalue weighted by molar-refractivity contribution is -0.274. The van der Waals surface area contributed by atoms with Crippen LogP contribution < -0.4 is 15.0 Å². The second-order valence-corrected chi connectivity index (χ2v) is 9.12. The zero-order chi connectivity index (χ0) is 29.9. The fourth-order valence-electron chi connectivity index (χ4n) is 4.25. The van der Waals surface area contributed by atoms with Crippen LogP contribution in [0.4, 0.5) is 43.7 Å². The highest BCUT2D eigenvalue weighted by atomic mass is 19.4. The fraction of sp³-hybridized carbons (Fsp3) is 0.222. The van der Waals surface area contributed by atoms with Gasteiger partial charge in [-0.05, 0) is 48.5 Å². The van der Waals surface area contributed by atoms with Crippen LogP contribution in [0.15, 0.2) is 73.1 Å². The van der Waals surface area contributed by atoms with E-state index in [1.54, 1.807) is 40.1 Å². The Kier molecular flexibility index (Phi) is 7.83. The highest BCUT2D eigenvalue weighted by Gasteiger charge is 2.33. The number of aromatic nitrogens is 4. The minimum Gasteiger partial charge on any atom is -0.406 e. The predicted octanol–water partition coefficient (Wildman–Crippen LogP) is 5.56. The molecule has 1 fully saturated rings. The van der Waals surface area contributed by atoms with Gasteiger partial charge in [-0.3, -0.25) is 4.79 Å². The third-order valence-electron chi connectivity index (χ3n) is 6.26. The van der Waals surface area contributed by atoms with Crippen molar-refractivity contribution in [2.45, 2.75) is 12.5 Å². The van der Waals surface area contributed by atoms with E-state index in [4.69, 9.17) is 0 Å². The molecule has 15 heteroatoms. The van der Waals surface area contributed by atoms with E-state index in [-0.39, 0.29) is 11.7 Å². The van der Waals surface area contributed by atoms with Gasteiger partial charge in [-0.2, -0.15) is 13.2 Å². The number of piperazine rings is 1. The number of halogens is 6. The van der Waals surface area contributed by atoms with Crippen molar-refractivity contribution < 1.29 is 35.9 Å². The number of alkyl halides is 6. The van der Waals surface area contributed by atoms with Gasteiger partial charge in [0.15, 0.2) is 11.5 Å². The van der Waals surface area contributed by atoms with E-state index in [1.807, 2.05) is 0 Å². The van der Waals surface area contributed by atoms with Crippen molar-refractivity contribution in [3.63, 3.8) is 0 Å². The third kappa shape index (κ3) is 7.03. The molecule has 2 aromatic heterocycles. The largest absolute Gasteiger partial charge is 0.573 e. The number of hydrogen-bond donors (Lipinski definition) is 1. The molecule has 1 saturated heterocycles. The van der Waals surface area contributed by atoms with Crippen LogP contribution in [0.2, 0.25) is 0 Å². The molecule has 0 aliphatic carbocycles. The molecule has 4 aromatic rings. The van der Waals surface area contributed by atoms with Crippen molar-refractivity contribution in [1.82, 2.24) is 25.1 Å². The molecule has 42 heavy (non-hydrogen) atoms. The molecule has 0 spiro atoms. The van der Waals surface area contributed by atoms with Gasteiger partial charge in [-0.25, -0.2) is 9.97 Å². The van der Waals surface area contributed by atoms with Gasteiger partial charge in [-0.1, -0.05) is 12.1 Å². The maximum atomic E-state index is 13.2. The average molecular weight is 590 g/mol. The number of benzene rings is 2. The van der Waals surface area contributed by atoms with Crippen LogP contribution in [0.25, 0.3) is 11.3 Å². The van der Waals surface area contributed by atoms with Crippen molar-refractivity contribution in [1.29, 1.82) is 0 Å². The quantitative estimate of drug-likeness (QED) is 0.292. The molecule has 5 rings (SSSR count). The van der Waals surface area contributed by atoms with E-state index in [9.17, 15) is 31.1 Å². The van der Waals surface area contributed by atoms with Gasteiger partial charge < -0.3 is 19.9 Å². The number of nitrogens with one attached hydrogen (secondary N) is 1. The van der Waals surface area contributed by atoms with E-state index in [1.165, 1.54) is 36.7 Å². The van der Waals surface area contributed by atoms with E-state index in [0.717, 1.165) is 6.07 Å². The van der Waals surface area contributed by atoms with Crippen LogP contribution in [0, 0.1) is 0 Å². The minimum absolute atomic E-state index is 0.219. The Morgan fingerprint density at radius 2 is 1.57 bits per heavy atom. The van der Waals surface area contributed by atoms with E-state index in [2.05, 4.69) is 30.2 Å². The molecular formula is C27H21F6N7O2. The summed E-state index contributed by atoms with van der Waals surface area (Å²) in [4.78, 5) is 25.1. The van der Waals surface area contributed by atoms with Gasteiger partial charge in [0.2, 0.25) is 0 Å². The molecule has 0 radical (unpaired) electrons. The summed E-state index contributed by atoms with van der Waals surface area (Å²) >= 11 is 0. The maximum Gasteiger partial charge on any atom is 0.573 e. The normalized spacial score (nSPS) is 14.0. The Labute approximate surface area is 234 Å². The number of carbonyl (C=O) groups excluding carboxylic acids is 1. The molecule has 0 unspecified atom stereocenters. The standard InChI is InChI=1S/C27H21F6N7O2/c28-26(29,30)22-8-9-24(38-37-22)39-10-12-40(13-11-39)25(41)18-3-1-2-17(14-18)21-15-23(35-16-34-21)36-19-4-6-20(7-5-19)42-27(31,32)33/h1-9,14-16H,10-13H2,(H,34,35,36). The summed E-state index contributed by atoms with van der Waals surface area (Å²) in [5, 5.41) is 9.92. The van der Waals surface area contributed by atoms with Crippen molar-refractivity contribution >= 4 is 23.2 Å². The van der Waals surface area contributed by atoms with E-state index >= 15 is 0 Å². The van der Waals surface area contributed by atoms with Crippen LogP contribution in [0.5, 0.6) is 5.75 Å². The van der Waals surface area contributed by atoms with Crippen molar-refractivity contribution in [2.24, 2.45) is 0 Å². The van der Waals surface area contributed by atoms with Crippen molar-refractivity contribution in [2.75, 3.05) is 36.4 Å². The second-order valence-electron chi connectivity index (χ2n) is 9.12. The number of anilines is 3. The first-order valence-corrected chi connectivity index (χ1v) is 12.4. The number of carbonyl (C=O) groups is 1. The molecule has 2 aromatic carbocycles. The zero-order valence-electron chi connectivity index (χ0n) is 21.5. The number of hydrogen-bond acceptors (Lipinski definition) is 8. The van der Waals surface area contributed by atoms with Crippen LogP contribution in [0.1, 0.15) is 16.1 Å². The molecule has 9 nitrogen and oxygen atoms in total. The topological polar surface area (TPSA) is 96.4 Å². The number of ether oxygens (including phenoxy) is 1. The van der Waals surface area contributed by atoms with E-state index in [0.29, 0.717) is 60.3 Å². The molecule has 1 aliphatic heterocycles. The Balaban J connectivity index is 1.22. The smallest absolute Gasteiger partial charge is 0.406 e. The summed E-state index contributed by atoms with van der Waals surface area (Å²) in [5.74, 6) is 0.107. The van der Waals surface area contributed by atoms with Crippen molar-refractivity contribution in [3.05, 3.63) is 84.3 Å². The van der Waals surface area contributed by atoms with Crippen LogP contribution in [-0.4, -0.2) is 63.5 Å².